The third kappa shape index (κ3) is 2.80. The molecule has 0 unspecified atom stereocenters. The van der Waals surface area contributed by atoms with Crippen molar-refractivity contribution in [2.24, 2.45) is 0 Å². The molecule has 0 saturated heterocycles. The molecule has 1 aromatic heterocycles. The molecule has 1 heterocycles. The van der Waals surface area contributed by atoms with Crippen molar-refractivity contribution < 1.29 is 4.79 Å². The number of aromatic nitrogens is 2. The predicted molar refractivity (Wildman–Crippen MR) is 77.1 cm³/mol. The van der Waals surface area contributed by atoms with Gasteiger partial charge in [-0.1, -0.05) is 0 Å². The lowest BCUT2D eigenvalue weighted by atomic mass is 10.1. The number of aryl methyl sites for hydroxylation is 2. The molecule has 5 heteroatoms. The second kappa shape index (κ2) is 5.74. The maximum Gasteiger partial charge on any atom is 0.242 e. The summed E-state index contributed by atoms with van der Waals surface area (Å²) >= 11 is 0. The molecule has 20 heavy (non-hydrogen) atoms. The fraction of sp³-hybridized carbons (Fsp3) is 0.400. The lowest BCUT2D eigenvalue weighted by molar-refractivity contribution is -0.130. The number of imidazole rings is 1. The number of rotatable bonds is 4. The molecular formula is C15H18N4O. The molecule has 0 radical (unpaired) electrons. The van der Waals surface area contributed by atoms with Crippen molar-refractivity contribution in [2.75, 3.05) is 13.6 Å². The Kier molecular flexibility index (Phi) is 4.04. The number of carbonyl (C=O) groups is 1. The topological polar surface area (TPSA) is 61.9 Å². The highest BCUT2D eigenvalue weighted by atomic mass is 16.2. The fourth-order valence-corrected chi connectivity index (χ4v) is 2.05. The molecule has 0 saturated carbocycles. The van der Waals surface area contributed by atoms with Gasteiger partial charge < -0.3 is 9.47 Å². The Morgan fingerprint density at radius 3 is 2.80 bits per heavy atom. The Hall–Kier alpha value is -2.35. The number of fused-ring (bicyclic) bond motifs is 1. The first kappa shape index (κ1) is 14.1. The molecule has 0 atom stereocenters. The average molecular weight is 270 g/mol. The number of benzene rings is 1. The van der Waals surface area contributed by atoms with Crippen LogP contribution in [0.25, 0.3) is 11.0 Å². The third-order valence-corrected chi connectivity index (χ3v) is 3.53. The van der Waals surface area contributed by atoms with Gasteiger partial charge in [0.25, 0.3) is 0 Å². The van der Waals surface area contributed by atoms with E-state index < -0.39 is 0 Å². The highest BCUT2D eigenvalue weighted by molar-refractivity contribution is 5.81. The zero-order valence-electron chi connectivity index (χ0n) is 12.1. The van der Waals surface area contributed by atoms with Crippen molar-refractivity contribution in [3.8, 4) is 6.07 Å². The molecule has 1 aromatic carbocycles. The molecule has 0 aliphatic rings. The number of hydrogen-bond donors (Lipinski definition) is 0. The summed E-state index contributed by atoms with van der Waals surface area (Å²) in [5.41, 5.74) is 4.25. The van der Waals surface area contributed by atoms with E-state index in [-0.39, 0.29) is 12.5 Å². The van der Waals surface area contributed by atoms with E-state index in [0.29, 0.717) is 13.0 Å². The standard InChI is InChI=1S/C15H18N4O/c1-11-7-13-14(8-12(11)2)19(10-17-13)9-15(20)18(3)6-4-5-16/h7-8,10H,4,6,9H2,1-3H3. The SMILES string of the molecule is Cc1cc2ncn(CC(=O)N(C)CCC#N)c2cc1C. The minimum absolute atomic E-state index is 0.0159. The molecular weight excluding hydrogens is 252 g/mol. The van der Waals surface area contributed by atoms with E-state index in [4.69, 9.17) is 5.26 Å². The largest absolute Gasteiger partial charge is 0.343 e. The van der Waals surface area contributed by atoms with Crippen molar-refractivity contribution in [3.05, 3.63) is 29.6 Å². The van der Waals surface area contributed by atoms with Crippen molar-refractivity contribution in [2.45, 2.75) is 26.8 Å². The molecule has 0 spiro atoms. The molecule has 5 nitrogen and oxygen atoms in total. The van der Waals surface area contributed by atoms with Crippen molar-refractivity contribution in [1.29, 1.82) is 5.26 Å². The van der Waals surface area contributed by atoms with Crippen LogP contribution in [-0.4, -0.2) is 34.0 Å². The number of amides is 1. The number of likely N-dealkylation sites (N-methyl/N-ethyl adjacent to an activating group) is 1. The maximum atomic E-state index is 12.1. The Bertz CT molecular complexity index is 681. The highest BCUT2D eigenvalue weighted by Crippen LogP contribution is 2.18. The van der Waals surface area contributed by atoms with Crippen molar-refractivity contribution in [3.63, 3.8) is 0 Å². The summed E-state index contributed by atoms with van der Waals surface area (Å²) in [4.78, 5) is 18.0. The fourth-order valence-electron chi connectivity index (χ4n) is 2.05. The number of hydrogen-bond acceptors (Lipinski definition) is 3. The van der Waals surface area contributed by atoms with Gasteiger partial charge in [-0.15, -0.1) is 0 Å². The lowest BCUT2D eigenvalue weighted by Gasteiger charge is -2.16. The first-order chi connectivity index (χ1) is 9.52. The summed E-state index contributed by atoms with van der Waals surface area (Å²) in [5, 5.41) is 8.55. The highest BCUT2D eigenvalue weighted by Gasteiger charge is 2.12. The molecule has 2 aromatic rings. The average Bonchev–Trinajstić information content (AvgIpc) is 2.79. The first-order valence-corrected chi connectivity index (χ1v) is 6.56. The number of nitrogens with zero attached hydrogens (tertiary/aromatic N) is 4. The van der Waals surface area contributed by atoms with E-state index in [1.807, 2.05) is 23.6 Å². The van der Waals surface area contributed by atoms with Gasteiger partial charge >= 0.3 is 0 Å². The van der Waals surface area contributed by atoms with Crippen LogP contribution in [0.15, 0.2) is 18.5 Å². The Labute approximate surface area is 118 Å². The molecule has 0 aliphatic heterocycles. The van der Waals surface area contributed by atoms with E-state index in [0.717, 1.165) is 11.0 Å². The monoisotopic (exact) mass is 270 g/mol. The van der Waals surface area contributed by atoms with Gasteiger partial charge in [0.15, 0.2) is 0 Å². The zero-order valence-corrected chi connectivity index (χ0v) is 12.1. The van der Waals surface area contributed by atoms with Crippen LogP contribution >= 0.6 is 0 Å². The van der Waals surface area contributed by atoms with Crippen LogP contribution in [0.4, 0.5) is 0 Å². The van der Waals surface area contributed by atoms with Crippen LogP contribution in [0.2, 0.25) is 0 Å². The van der Waals surface area contributed by atoms with Gasteiger partial charge in [0.2, 0.25) is 5.91 Å². The van der Waals surface area contributed by atoms with Gasteiger partial charge in [-0.2, -0.15) is 5.26 Å². The second-order valence-electron chi connectivity index (χ2n) is 5.02. The zero-order chi connectivity index (χ0) is 14.7. The first-order valence-electron chi connectivity index (χ1n) is 6.56. The van der Waals surface area contributed by atoms with Crippen LogP contribution in [-0.2, 0) is 11.3 Å². The van der Waals surface area contributed by atoms with E-state index in [2.05, 4.69) is 18.0 Å². The number of carbonyl (C=O) groups excluding carboxylic acids is 1. The van der Waals surface area contributed by atoms with Gasteiger partial charge in [0.1, 0.15) is 6.54 Å². The van der Waals surface area contributed by atoms with E-state index in [1.165, 1.54) is 11.1 Å². The quantitative estimate of drug-likeness (QED) is 0.854. The van der Waals surface area contributed by atoms with E-state index >= 15 is 0 Å². The van der Waals surface area contributed by atoms with Gasteiger partial charge in [-0.05, 0) is 37.1 Å². The Balaban J connectivity index is 2.20. The second-order valence-corrected chi connectivity index (χ2v) is 5.02. The van der Waals surface area contributed by atoms with E-state index in [1.54, 1.807) is 18.3 Å². The minimum Gasteiger partial charge on any atom is -0.343 e. The molecule has 0 bridgehead atoms. The van der Waals surface area contributed by atoms with Gasteiger partial charge in [0, 0.05) is 13.6 Å². The summed E-state index contributed by atoms with van der Waals surface area (Å²) in [5.74, 6) is -0.0159. The van der Waals surface area contributed by atoms with E-state index in [9.17, 15) is 4.79 Å². The Morgan fingerprint density at radius 1 is 1.40 bits per heavy atom. The van der Waals surface area contributed by atoms with Crippen molar-refractivity contribution >= 4 is 16.9 Å². The van der Waals surface area contributed by atoms with Crippen LogP contribution in [0.3, 0.4) is 0 Å². The van der Waals surface area contributed by atoms with Gasteiger partial charge in [-0.3, -0.25) is 4.79 Å². The molecule has 104 valence electrons. The molecule has 0 aliphatic carbocycles. The Morgan fingerprint density at radius 2 is 2.10 bits per heavy atom. The van der Waals surface area contributed by atoms with Gasteiger partial charge in [-0.25, -0.2) is 4.98 Å². The summed E-state index contributed by atoms with van der Waals surface area (Å²) in [6.45, 7) is 4.81. The number of nitriles is 1. The molecule has 2 rings (SSSR count). The van der Waals surface area contributed by atoms with Crippen LogP contribution in [0.5, 0.6) is 0 Å². The predicted octanol–water partition coefficient (Wildman–Crippen LogP) is 2.03. The summed E-state index contributed by atoms with van der Waals surface area (Å²) in [7, 11) is 1.72. The molecule has 0 N–H and O–H groups in total. The minimum atomic E-state index is -0.0159. The van der Waals surface area contributed by atoms with Crippen LogP contribution in [0.1, 0.15) is 17.5 Å². The summed E-state index contributed by atoms with van der Waals surface area (Å²) in [6.07, 6.45) is 2.05. The normalized spacial score (nSPS) is 10.5. The van der Waals surface area contributed by atoms with Crippen molar-refractivity contribution in [1.82, 2.24) is 14.5 Å². The summed E-state index contributed by atoms with van der Waals surface area (Å²) < 4.78 is 1.85. The third-order valence-electron chi connectivity index (χ3n) is 3.53. The van der Waals surface area contributed by atoms with Crippen LogP contribution in [0, 0.1) is 25.2 Å². The van der Waals surface area contributed by atoms with Gasteiger partial charge in [0.05, 0.1) is 29.9 Å². The lowest BCUT2D eigenvalue weighted by Crippen LogP contribution is -2.30. The smallest absolute Gasteiger partial charge is 0.242 e. The maximum absolute atomic E-state index is 12.1. The molecule has 1 amide bonds. The van der Waals surface area contributed by atoms with Crippen LogP contribution < -0.4 is 0 Å². The molecule has 0 fully saturated rings. The summed E-state index contributed by atoms with van der Waals surface area (Å²) in [6, 6.07) is 6.13.